The number of rotatable bonds is 11. The Balaban J connectivity index is 1.67. The first-order chi connectivity index (χ1) is 17.2. The van der Waals surface area contributed by atoms with Gasteiger partial charge in [-0.25, -0.2) is 4.79 Å². The zero-order chi connectivity index (χ0) is 26.4. The van der Waals surface area contributed by atoms with Crippen molar-refractivity contribution in [2.75, 3.05) is 12.3 Å². The van der Waals surface area contributed by atoms with Gasteiger partial charge in [0.1, 0.15) is 18.1 Å². The van der Waals surface area contributed by atoms with Crippen LogP contribution in [0.2, 0.25) is 0 Å². The summed E-state index contributed by atoms with van der Waals surface area (Å²) in [6.45, 7) is 4.03. The van der Waals surface area contributed by atoms with Gasteiger partial charge >= 0.3 is 5.97 Å². The van der Waals surface area contributed by atoms with E-state index in [1.54, 1.807) is 0 Å². The zero-order valence-electron chi connectivity index (χ0n) is 20.6. The molecular weight excluding hydrogens is 482 g/mol. The van der Waals surface area contributed by atoms with Crippen LogP contribution in [0.4, 0.5) is 0 Å². The average Bonchev–Trinajstić information content (AvgIpc) is 3.52. The van der Waals surface area contributed by atoms with Gasteiger partial charge in [0.25, 0.3) is 0 Å². The molecule has 3 amide bonds. The Hall–Kier alpha value is -3.05. The van der Waals surface area contributed by atoms with Crippen LogP contribution in [-0.2, 0) is 25.6 Å². The van der Waals surface area contributed by atoms with Crippen LogP contribution in [-0.4, -0.2) is 75.1 Å². The maximum atomic E-state index is 13.2. The molecule has 5 atom stereocenters. The Kier molecular flexibility index (Phi) is 9.38. The van der Waals surface area contributed by atoms with Gasteiger partial charge in [-0.1, -0.05) is 38.5 Å². The topological polar surface area (TPSA) is 158 Å². The Morgan fingerprint density at radius 2 is 1.94 bits per heavy atom. The number of nitrogens with two attached hydrogens (primary N) is 1. The van der Waals surface area contributed by atoms with Crippen LogP contribution in [0.3, 0.4) is 0 Å². The lowest BCUT2D eigenvalue weighted by molar-refractivity contribution is -0.149. The second kappa shape index (κ2) is 12.3. The Morgan fingerprint density at radius 1 is 1.22 bits per heavy atom. The predicted molar refractivity (Wildman–Crippen MR) is 140 cm³/mol. The molecule has 0 radical (unpaired) electrons. The number of thiol groups is 1. The number of nitrogens with one attached hydrogen (secondary N) is 3. The number of carbonyl (C=O) groups excluding carboxylic acids is 3. The van der Waals surface area contributed by atoms with E-state index in [0.717, 1.165) is 16.5 Å². The highest BCUT2D eigenvalue weighted by Gasteiger charge is 2.38. The first-order valence-electron chi connectivity index (χ1n) is 12.2. The van der Waals surface area contributed by atoms with Crippen molar-refractivity contribution in [3.05, 3.63) is 36.0 Å². The van der Waals surface area contributed by atoms with Gasteiger partial charge in [-0.2, -0.15) is 12.6 Å². The van der Waals surface area contributed by atoms with Crippen molar-refractivity contribution < 1.29 is 24.3 Å². The minimum atomic E-state index is -1.07. The molecule has 11 heteroatoms. The Morgan fingerprint density at radius 3 is 2.61 bits per heavy atom. The van der Waals surface area contributed by atoms with E-state index in [1.807, 2.05) is 44.3 Å². The van der Waals surface area contributed by atoms with E-state index in [9.17, 15) is 24.3 Å². The van der Waals surface area contributed by atoms with E-state index in [1.165, 1.54) is 4.90 Å². The SMILES string of the molecule is CCC(C)C(NC(=O)C(N)Cc1c[nH]c2ccccc12)C(=O)NC(CS)C(=O)N1CCCC1C(=O)O. The van der Waals surface area contributed by atoms with Gasteiger partial charge in [-0.15, -0.1) is 0 Å². The molecular formula is C25H35N5O5S. The number of H-pyrrole nitrogens is 1. The van der Waals surface area contributed by atoms with Crippen molar-refractivity contribution in [1.82, 2.24) is 20.5 Å². The second-order valence-corrected chi connectivity index (χ2v) is 9.68. The maximum absolute atomic E-state index is 13.2. The summed E-state index contributed by atoms with van der Waals surface area (Å²) >= 11 is 4.21. The molecule has 1 aromatic carbocycles. The summed E-state index contributed by atoms with van der Waals surface area (Å²) in [5, 5.41) is 15.8. The molecule has 0 spiro atoms. The smallest absolute Gasteiger partial charge is 0.326 e. The highest BCUT2D eigenvalue weighted by Crippen LogP contribution is 2.20. The summed E-state index contributed by atoms with van der Waals surface area (Å²) in [5.74, 6) is -2.80. The lowest BCUT2D eigenvalue weighted by Gasteiger charge is -2.29. The number of aromatic amines is 1. The molecule has 36 heavy (non-hydrogen) atoms. The predicted octanol–water partition coefficient (Wildman–Crippen LogP) is 1.06. The van der Waals surface area contributed by atoms with Crippen molar-refractivity contribution >= 4 is 47.2 Å². The lowest BCUT2D eigenvalue weighted by Crippen LogP contribution is -2.59. The quantitative estimate of drug-likeness (QED) is 0.245. The van der Waals surface area contributed by atoms with Crippen molar-refractivity contribution in [3.8, 4) is 0 Å². The third-order valence-electron chi connectivity index (χ3n) is 6.86. The number of aliphatic carboxylic acids is 1. The van der Waals surface area contributed by atoms with E-state index in [-0.39, 0.29) is 18.1 Å². The summed E-state index contributed by atoms with van der Waals surface area (Å²) in [6, 6.07) is 3.99. The molecule has 1 aliphatic heterocycles. The molecule has 6 N–H and O–H groups in total. The van der Waals surface area contributed by atoms with Crippen molar-refractivity contribution in [1.29, 1.82) is 0 Å². The third-order valence-corrected chi connectivity index (χ3v) is 7.23. The molecule has 0 saturated carbocycles. The van der Waals surface area contributed by atoms with Crippen LogP contribution in [0.1, 0.15) is 38.7 Å². The summed E-state index contributed by atoms with van der Waals surface area (Å²) in [7, 11) is 0. The molecule has 1 fully saturated rings. The fraction of sp³-hybridized carbons (Fsp3) is 0.520. The highest BCUT2D eigenvalue weighted by atomic mass is 32.1. The van der Waals surface area contributed by atoms with Crippen LogP contribution in [0, 0.1) is 5.92 Å². The number of carboxylic acid groups (broad SMARTS) is 1. The van der Waals surface area contributed by atoms with E-state index in [4.69, 9.17) is 5.73 Å². The average molecular weight is 518 g/mol. The molecule has 0 bridgehead atoms. The van der Waals surface area contributed by atoms with Gasteiger partial charge in [-0.05, 0) is 36.8 Å². The van der Waals surface area contributed by atoms with E-state index < -0.39 is 47.9 Å². The van der Waals surface area contributed by atoms with Crippen LogP contribution < -0.4 is 16.4 Å². The third kappa shape index (κ3) is 6.19. The molecule has 2 aromatic rings. The number of fused-ring (bicyclic) bond motifs is 1. The molecule has 5 unspecified atom stereocenters. The fourth-order valence-corrected chi connectivity index (χ4v) is 4.77. The van der Waals surface area contributed by atoms with Crippen LogP contribution in [0.15, 0.2) is 30.5 Å². The molecule has 2 heterocycles. The number of benzene rings is 1. The summed E-state index contributed by atoms with van der Waals surface area (Å²) in [6.07, 6.45) is 3.66. The number of aromatic nitrogens is 1. The van der Waals surface area contributed by atoms with Crippen molar-refractivity contribution in [2.45, 2.75) is 63.7 Å². The number of hydrogen-bond acceptors (Lipinski definition) is 6. The highest BCUT2D eigenvalue weighted by molar-refractivity contribution is 7.80. The number of hydrogen-bond donors (Lipinski definition) is 6. The van der Waals surface area contributed by atoms with Crippen LogP contribution >= 0.6 is 12.6 Å². The van der Waals surface area contributed by atoms with Crippen LogP contribution in [0.5, 0.6) is 0 Å². The largest absolute Gasteiger partial charge is 0.480 e. The molecule has 3 rings (SSSR count). The van der Waals surface area contributed by atoms with Crippen molar-refractivity contribution in [2.24, 2.45) is 11.7 Å². The normalized spacial score (nSPS) is 18.9. The van der Waals surface area contributed by atoms with Gasteiger partial charge < -0.3 is 31.4 Å². The number of carbonyl (C=O) groups is 4. The number of carboxylic acids is 1. The molecule has 10 nitrogen and oxygen atoms in total. The lowest BCUT2D eigenvalue weighted by atomic mass is 9.97. The number of nitrogens with zero attached hydrogens (tertiary/aromatic N) is 1. The van der Waals surface area contributed by atoms with E-state index in [0.29, 0.717) is 25.8 Å². The summed E-state index contributed by atoms with van der Waals surface area (Å²) in [4.78, 5) is 55.1. The Labute approximate surface area is 215 Å². The minimum absolute atomic E-state index is 0.00530. The summed E-state index contributed by atoms with van der Waals surface area (Å²) < 4.78 is 0. The molecule has 1 aliphatic rings. The molecule has 0 aliphatic carbocycles. The standard InChI is InChI=1S/C25H35N5O5S/c1-3-14(2)21(23(32)28-19(13-36)24(33)30-10-6-9-20(30)25(34)35)29-22(31)17(26)11-15-12-27-18-8-5-4-7-16(15)18/h4-5,7-8,12,14,17,19-21,27,36H,3,6,9-11,13,26H2,1-2H3,(H,28,32)(H,29,31)(H,34,35). The van der Waals surface area contributed by atoms with Gasteiger partial charge in [-0.3, -0.25) is 14.4 Å². The maximum Gasteiger partial charge on any atom is 0.326 e. The zero-order valence-corrected chi connectivity index (χ0v) is 21.5. The fourth-order valence-electron chi connectivity index (χ4n) is 4.53. The van der Waals surface area contributed by atoms with Crippen molar-refractivity contribution in [3.63, 3.8) is 0 Å². The first kappa shape index (κ1) is 27.5. The molecule has 196 valence electrons. The summed E-state index contributed by atoms with van der Waals surface area (Å²) in [5.41, 5.74) is 8.05. The number of likely N-dealkylation sites (tertiary alicyclic amines) is 1. The Bertz CT molecular complexity index is 1110. The van der Waals surface area contributed by atoms with E-state index >= 15 is 0 Å². The number of para-hydroxylation sites is 1. The molecule has 1 aromatic heterocycles. The minimum Gasteiger partial charge on any atom is -0.480 e. The van der Waals surface area contributed by atoms with Crippen LogP contribution in [0.25, 0.3) is 10.9 Å². The van der Waals surface area contributed by atoms with Gasteiger partial charge in [0.2, 0.25) is 17.7 Å². The second-order valence-electron chi connectivity index (χ2n) is 9.31. The van der Waals surface area contributed by atoms with E-state index in [2.05, 4.69) is 28.2 Å². The van der Waals surface area contributed by atoms with Gasteiger partial charge in [0.05, 0.1) is 6.04 Å². The number of amides is 3. The monoisotopic (exact) mass is 517 g/mol. The first-order valence-corrected chi connectivity index (χ1v) is 12.9. The molecule has 1 saturated heterocycles. The van der Waals surface area contributed by atoms with Gasteiger partial charge in [0, 0.05) is 29.4 Å². The van der Waals surface area contributed by atoms with Gasteiger partial charge in [0.15, 0.2) is 0 Å².